The first-order chi connectivity index (χ1) is 12.6. The predicted octanol–water partition coefficient (Wildman–Crippen LogP) is 3.14. The van der Waals surface area contributed by atoms with E-state index in [1.807, 2.05) is 44.2 Å². The van der Waals surface area contributed by atoms with Crippen molar-refractivity contribution in [1.82, 2.24) is 20.9 Å². The zero-order valence-corrected chi connectivity index (χ0v) is 19.2. The third-order valence-electron chi connectivity index (χ3n) is 3.77. The number of rotatable bonds is 8. The molecule has 1 aromatic heterocycles. The van der Waals surface area contributed by atoms with Crippen LogP contribution in [0.25, 0.3) is 0 Å². The molecule has 0 aliphatic heterocycles. The van der Waals surface area contributed by atoms with Crippen LogP contribution in [-0.4, -0.2) is 29.9 Å². The standard InChI is InChI=1S/C19H27N5OS.HI/c1-4-20-19(23-13-18-24-14(2)15(3)26-18)21-11-10-17(25)22-12-16-8-6-5-7-9-16;/h5-9H,4,10-13H2,1-3H3,(H,22,25)(H2,20,21,23);1H. The smallest absolute Gasteiger partial charge is 0.222 e. The monoisotopic (exact) mass is 501 g/mol. The molecule has 6 nitrogen and oxygen atoms in total. The first-order valence-corrected chi connectivity index (χ1v) is 9.66. The first kappa shape index (κ1) is 23.4. The predicted molar refractivity (Wildman–Crippen MR) is 123 cm³/mol. The van der Waals surface area contributed by atoms with E-state index in [1.54, 1.807) is 11.3 Å². The normalized spacial score (nSPS) is 10.9. The van der Waals surface area contributed by atoms with Gasteiger partial charge in [0.25, 0.3) is 0 Å². The Labute approximate surface area is 182 Å². The van der Waals surface area contributed by atoms with Gasteiger partial charge < -0.3 is 16.0 Å². The van der Waals surface area contributed by atoms with Crippen LogP contribution < -0.4 is 16.0 Å². The number of hydrogen-bond acceptors (Lipinski definition) is 4. The van der Waals surface area contributed by atoms with Gasteiger partial charge in [0.15, 0.2) is 5.96 Å². The Hall–Kier alpha value is -1.68. The topological polar surface area (TPSA) is 78.4 Å². The Morgan fingerprint density at radius 1 is 1.15 bits per heavy atom. The van der Waals surface area contributed by atoms with Gasteiger partial charge in [0.1, 0.15) is 5.01 Å². The number of thiazole rings is 1. The minimum absolute atomic E-state index is 0. The summed E-state index contributed by atoms with van der Waals surface area (Å²) >= 11 is 1.67. The van der Waals surface area contributed by atoms with Crippen molar-refractivity contribution >= 4 is 47.2 Å². The highest BCUT2D eigenvalue weighted by Crippen LogP contribution is 2.16. The summed E-state index contributed by atoms with van der Waals surface area (Å²) in [7, 11) is 0. The van der Waals surface area contributed by atoms with E-state index in [2.05, 4.69) is 32.9 Å². The maximum Gasteiger partial charge on any atom is 0.222 e. The van der Waals surface area contributed by atoms with Gasteiger partial charge in [-0.1, -0.05) is 30.3 Å². The van der Waals surface area contributed by atoms with Crippen molar-refractivity contribution in [2.75, 3.05) is 13.1 Å². The highest BCUT2D eigenvalue weighted by Gasteiger charge is 2.05. The van der Waals surface area contributed by atoms with E-state index < -0.39 is 0 Å². The number of aryl methyl sites for hydroxylation is 2. The zero-order valence-electron chi connectivity index (χ0n) is 16.0. The first-order valence-electron chi connectivity index (χ1n) is 8.84. The number of aromatic nitrogens is 1. The maximum absolute atomic E-state index is 12.0. The second-order valence-electron chi connectivity index (χ2n) is 5.88. The van der Waals surface area contributed by atoms with Crippen molar-refractivity contribution in [3.63, 3.8) is 0 Å². The van der Waals surface area contributed by atoms with E-state index in [0.29, 0.717) is 32.0 Å². The number of amides is 1. The minimum atomic E-state index is 0. The Kier molecular flexibility index (Phi) is 11.0. The Morgan fingerprint density at radius 2 is 1.89 bits per heavy atom. The van der Waals surface area contributed by atoms with Crippen LogP contribution >= 0.6 is 35.3 Å². The summed E-state index contributed by atoms with van der Waals surface area (Å²) in [5.41, 5.74) is 2.16. The second kappa shape index (κ2) is 12.7. The zero-order chi connectivity index (χ0) is 18.8. The molecular formula is C19H28IN5OS. The number of halogens is 1. The van der Waals surface area contributed by atoms with Gasteiger partial charge in [-0.25, -0.2) is 9.98 Å². The molecule has 0 atom stereocenters. The molecule has 3 N–H and O–H groups in total. The van der Waals surface area contributed by atoms with Crippen LogP contribution in [-0.2, 0) is 17.9 Å². The molecule has 2 aromatic rings. The molecule has 148 valence electrons. The highest BCUT2D eigenvalue weighted by molar-refractivity contribution is 14.0. The molecule has 27 heavy (non-hydrogen) atoms. The lowest BCUT2D eigenvalue weighted by Crippen LogP contribution is -2.39. The van der Waals surface area contributed by atoms with Gasteiger partial charge in [0.2, 0.25) is 5.91 Å². The summed E-state index contributed by atoms with van der Waals surface area (Å²) in [5.74, 6) is 0.720. The molecule has 0 spiro atoms. The number of benzene rings is 1. The summed E-state index contributed by atoms with van der Waals surface area (Å²) in [6.45, 7) is 8.48. The number of carbonyl (C=O) groups is 1. The summed E-state index contributed by atoms with van der Waals surface area (Å²) in [4.78, 5) is 22.2. The highest BCUT2D eigenvalue weighted by atomic mass is 127. The lowest BCUT2D eigenvalue weighted by atomic mass is 10.2. The molecule has 0 radical (unpaired) electrons. The lowest BCUT2D eigenvalue weighted by molar-refractivity contribution is -0.121. The molecule has 0 saturated heterocycles. The average Bonchev–Trinajstić information content (AvgIpc) is 2.96. The van der Waals surface area contributed by atoms with Crippen LogP contribution in [0.3, 0.4) is 0 Å². The van der Waals surface area contributed by atoms with Crippen molar-refractivity contribution < 1.29 is 4.79 Å². The molecule has 1 amide bonds. The van der Waals surface area contributed by atoms with E-state index in [9.17, 15) is 4.79 Å². The van der Waals surface area contributed by atoms with Gasteiger partial charge in [-0.3, -0.25) is 4.79 Å². The Balaban J connectivity index is 0.00000364. The van der Waals surface area contributed by atoms with Gasteiger partial charge >= 0.3 is 0 Å². The quantitative estimate of drug-likeness (QED) is 0.295. The summed E-state index contributed by atoms with van der Waals surface area (Å²) in [5, 5.41) is 10.3. The van der Waals surface area contributed by atoms with Gasteiger partial charge in [0.05, 0.1) is 12.2 Å². The van der Waals surface area contributed by atoms with Gasteiger partial charge in [0, 0.05) is 30.9 Å². The van der Waals surface area contributed by atoms with E-state index in [1.165, 1.54) is 4.88 Å². The fourth-order valence-electron chi connectivity index (χ4n) is 2.27. The third kappa shape index (κ3) is 8.70. The van der Waals surface area contributed by atoms with Crippen molar-refractivity contribution in [3.8, 4) is 0 Å². The van der Waals surface area contributed by atoms with Crippen molar-refractivity contribution in [2.45, 2.75) is 40.3 Å². The molecule has 8 heteroatoms. The molecular weight excluding hydrogens is 473 g/mol. The van der Waals surface area contributed by atoms with E-state index in [-0.39, 0.29) is 29.9 Å². The minimum Gasteiger partial charge on any atom is -0.357 e. The molecule has 0 aliphatic carbocycles. The summed E-state index contributed by atoms with van der Waals surface area (Å²) < 4.78 is 0. The molecule has 0 fully saturated rings. The number of nitrogens with one attached hydrogen (secondary N) is 3. The largest absolute Gasteiger partial charge is 0.357 e. The summed E-state index contributed by atoms with van der Waals surface area (Å²) in [6, 6.07) is 9.89. The van der Waals surface area contributed by atoms with Crippen molar-refractivity contribution in [1.29, 1.82) is 0 Å². The molecule has 2 rings (SSSR count). The van der Waals surface area contributed by atoms with Crippen LogP contribution in [0.15, 0.2) is 35.3 Å². The van der Waals surface area contributed by atoms with Crippen LogP contribution in [0, 0.1) is 13.8 Å². The number of nitrogens with zero attached hydrogens (tertiary/aromatic N) is 2. The molecule has 0 bridgehead atoms. The lowest BCUT2D eigenvalue weighted by Gasteiger charge is -2.11. The second-order valence-corrected chi connectivity index (χ2v) is 7.17. The summed E-state index contributed by atoms with van der Waals surface area (Å²) in [6.07, 6.45) is 0.396. The number of hydrogen-bond donors (Lipinski definition) is 3. The average molecular weight is 501 g/mol. The van der Waals surface area contributed by atoms with Crippen LogP contribution in [0.5, 0.6) is 0 Å². The van der Waals surface area contributed by atoms with Crippen LogP contribution in [0.1, 0.15) is 34.5 Å². The van der Waals surface area contributed by atoms with Crippen LogP contribution in [0.4, 0.5) is 0 Å². The fraction of sp³-hybridized carbons (Fsp3) is 0.421. The van der Waals surface area contributed by atoms with Crippen LogP contribution in [0.2, 0.25) is 0 Å². The molecule has 1 aromatic carbocycles. The van der Waals surface area contributed by atoms with Crippen molar-refractivity contribution in [2.24, 2.45) is 4.99 Å². The van der Waals surface area contributed by atoms with Gasteiger partial charge in [-0.15, -0.1) is 35.3 Å². The van der Waals surface area contributed by atoms with Gasteiger partial charge in [-0.2, -0.15) is 0 Å². The van der Waals surface area contributed by atoms with Gasteiger partial charge in [-0.05, 0) is 26.3 Å². The van der Waals surface area contributed by atoms with E-state index in [4.69, 9.17) is 0 Å². The van der Waals surface area contributed by atoms with Crippen molar-refractivity contribution in [3.05, 3.63) is 51.5 Å². The molecule has 0 aliphatic rings. The Bertz CT molecular complexity index is 713. The SMILES string of the molecule is CCNC(=NCc1nc(C)c(C)s1)NCCC(=O)NCc1ccccc1.I. The Morgan fingerprint density at radius 3 is 2.52 bits per heavy atom. The molecule has 0 saturated carbocycles. The number of guanidine groups is 1. The number of aliphatic imine (C=N–C) groups is 1. The molecule has 0 unspecified atom stereocenters. The fourth-order valence-corrected chi connectivity index (χ4v) is 3.13. The van der Waals surface area contributed by atoms with E-state index >= 15 is 0 Å². The van der Waals surface area contributed by atoms with E-state index in [0.717, 1.165) is 22.8 Å². The third-order valence-corrected chi connectivity index (χ3v) is 4.82. The maximum atomic E-state index is 12.0. The number of carbonyl (C=O) groups excluding carboxylic acids is 1. The molecule has 1 heterocycles.